The molecule has 0 aliphatic carbocycles. The number of methoxy groups -OCH3 is 1. The van der Waals surface area contributed by atoms with Gasteiger partial charge in [-0.05, 0) is 43.7 Å². The average molecular weight is 277 g/mol. The Bertz CT molecular complexity index is 440. The summed E-state index contributed by atoms with van der Waals surface area (Å²) in [6, 6.07) is 6.94. The zero-order valence-corrected chi connectivity index (χ0v) is 12.4. The van der Waals surface area contributed by atoms with E-state index in [1.165, 1.54) is 0 Å². The van der Waals surface area contributed by atoms with Gasteiger partial charge in [0.2, 0.25) is 0 Å². The summed E-state index contributed by atoms with van der Waals surface area (Å²) in [5.74, 6) is 0.803. The predicted octanol–water partition coefficient (Wildman–Crippen LogP) is 2.45. The van der Waals surface area contributed by atoms with Crippen molar-refractivity contribution in [3.8, 4) is 5.75 Å². The quantitative estimate of drug-likeness (QED) is 0.428. The Labute approximate surface area is 120 Å². The van der Waals surface area contributed by atoms with Gasteiger partial charge in [-0.1, -0.05) is 6.58 Å². The molecule has 1 atom stereocenters. The lowest BCUT2D eigenvalue weighted by Gasteiger charge is -2.13. The second-order valence-corrected chi connectivity index (χ2v) is 4.80. The van der Waals surface area contributed by atoms with Crippen LogP contribution < -0.4 is 10.1 Å². The highest BCUT2D eigenvalue weighted by Crippen LogP contribution is 2.14. The maximum atomic E-state index is 12.2. The molecule has 1 aromatic rings. The lowest BCUT2D eigenvalue weighted by molar-refractivity contribution is 0.0945. The minimum absolute atomic E-state index is 0.0626. The zero-order valence-electron chi connectivity index (χ0n) is 12.4. The van der Waals surface area contributed by atoms with Crippen LogP contribution in [0.3, 0.4) is 0 Å². The van der Waals surface area contributed by atoms with Crippen LogP contribution in [0, 0.1) is 0 Å². The van der Waals surface area contributed by atoms with Gasteiger partial charge in [-0.25, -0.2) is 0 Å². The smallest absolute Gasteiger partial charge is 0.179 e. The van der Waals surface area contributed by atoms with Crippen molar-refractivity contribution >= 4 is 5.78 Å². The third-order valence-electron chi connectivity index (χ3n) is 2.77. The number of Topliss-reactive ketones (excluding diaryl/α,β-unsaturated/α-hetero) is 1. The molecule has 0 aliphatic heterocycles. The van der Waals surface area contributed by atoms with Crippen molar-refractivity contribution in [3.63, 3.8) is 0 Å². The molecule has 0 fully saturated rings. The molecule has 1 aromatic carbocycles. The van der Waals surface area contributed by atoms with Crippen LogP contribution in [0.15, 0.2) is 36.4 Å². The maximum absolute atomic E-state index is 12.2. The van der Waals surface area contributed by atoms with Crippen LogP contribution >= 0.6 is 0 Å². The molecular weight excluding hydrogens is 254 g/mol. The topological polar surface area (TPSA) is 47.6 Å². The van der Waals surface area contributed by atoms with Crippen molar-refractivity contribution in [2.24, 2.45) is 0 Å². The van der Waals surface area contributed by atoms with Gasteiger partial charge in [-0.15, -0.1) is 0 Å². The minimum atomic E-state index is -0.229. The van der Waals surface area contributed by atoms with Crippen molar-refractivity contribution in [2.45, 2.75) is 19.9 Å². The maximum Gasteiger partial charge on any atom is 0.179 e. The Morgan fingerprint density at radius 1 is 1.35 bits per heavy atom. The molecule has 4 heteroatoms. The Morgan fingerprint density at radius 3 is 2.55 bits per heavy atom. The SMILES string of the molecule is C=C(C)COc1ccc(C(=O)C(C)NCCOC)cc1. The number of carbonyl (C=O) groups excluding carboxylic acids is 1. The summed E-state index contributed by atoms with van der Waals surface area (Å²) in [5, 5.41) is 3.12. The number of ether oxygens (including phenoxy) is 2. The number of carbonyl (C=O) groups is 1. The van der Waals surface area contributed by atoms with Gasteiger partial charge in [0.25, 0.3) is 0 Å². The Kier molecular flexibility index (Phi) is 6.98. The first-order chi connectivity index (χ1) is 9.54. The number of nitrogens with one attached hydrogen (secondary N) is 1. The third-order valence-corrected chi connectivity index (χ3v) is 2.77. The fraction of sp³-hybridized carbons (Fsp3) is 0.438. The highest BCUT2D eigenvalue weighted by molar-refractivity contribution is 5.99. The molecule has 1 N–H and O–H groups in total. The monoisotopic (exact) mass is 277 g/mol. The summed E-state index contributed by atoms with van der Waals surface area (Å²) < 4.78 is 10.4. The molecule has 0 bridgehead atoms. The number of rotatable bonds is 9. The highest BCUT2D eigenvalue weighted by Gasteiger charge is 2.14. The molecule has 1 rings (SSSR count). The van der Waals surface area contributed by atoms with Gasteiger partial charge < -0.3 is 14.8 Å². The van der Waals surface area contributed by atoms with Crippen molar-refractivity contribution in [3.05, 3.63) is 42.0 Å². The highest BCUT2D eigenvalue weighted by atomic mass is 16.5. The van der Waals surface area contributed by atoms with Crippen LogP contribution in [0.2, 0.25) is 0 Å². The second-order valence-electron chi connectivity index (χ2n) is 4.80. The van der Waals surface area contributed by atoms with Crippen LogP contribution in [-0.4, -0.2) is 38.7 Å². The molecular formula is C16H23NO3. The molecule has 1 unspecified atom stereocenters. The van der Waals surface area contributed by atoms with Crippen LogP contribution in [-0.2, 0) is 4.74 Å². The lowest BCUT2D eigenvalue weighted by atomic mass is 10.1. The Hall–Kier alpha value is -1.65. The first-order valence-corrected chi connectivity index (χ1v) is 6.68. The predicted molar refractivity (Wildman–Crippen MR) is 80.4 cm³/mol. The molecule has 0 aromatic heterocycles. The molecule has 0 heterocycles. The van der Waals surface area contributed by atoms with Gasteiger partial charge in [0.15, 0.2) is 5.78 Å². The van der Waals surface area contributed by atoms with Gasteiger partial charge in [0, 0.05) is 19.2 Å². The molecule has 0 spiro atoms. The molecule has 20 heavy (non-hydrogen) atoms. The van der Waals surface area contributed by atoms with Gasteiger partial charge in [0.1, 0.15) is 12.4 Å². The standard InChI is InChI=1S/C16H23NO3/c1-12(2)11-20-15-7-5-14(6-8-15)16(18)13(3)17-9-10-19-4/h5-8,13,17H,1,9-11H2,2-4H3. The number of hydrogen-bond donors (Lipinski definition) is 1. The molecule has 110 valence electrons. The first kappa shape index (κ1) is 16.4. The molecule has 4 nitrogen and oxygen atoms in total. The van der Waals surface area contributed by atoms with Crippen LogP contribution in [0.25, 0.3) is 0 Å². The van der Waals surface area contributed by atoms with Crippen molar-refractivity contribution in [2.75, 3.05) is 26.9 Å². The summed E-state index contributed by atoms with van der Waals surface area (Å²) in [7, 11) is 1.64. The Morgan fingerprint density at radius 2 is 2.00 bits per heavy atom. The fourth-order valence-electron chi connectivity index (χ4n) is 1.64. The number of benzene rings is 1. The lowest BCUT2D eigenvalue weighted by Crippen LogP contribution is -2.36. The normalized spacial score (nSPS) is 11.9. The van der Waals surface area contributed by atoms with E-state index in [-0.39, 0.29) is 11.8 Å². The van der Waals surface area contributed by atoms with E-state index in [0.717, 1.165) is 11.3 Å². The van der Waals surface area contributed by atoms with E-state index in [9.17, 15) is 4.79 Å². The molecule has 0 aliphatic rings. The summed E-state index contributed by atoms with van der Waals surface area (Å²) >= 11 is 0. The summed E-state index contributed by atoms with van der Waals surface area (Å²) in [6.07, 6.45) is 0. The third kappa shape index (κ3) is 5.55. The van der Waals surface area contributed by atoms with Gasteiger partial charge in [0.05, 0.1) is 12.6 Å². The van der Waals surface area contributed by atoms with E-state index in [4.69, 9.17) is 9.47 Å². The van der Waals surface area contributed by atoms with E-state index >= 15 is 0 Å². The second kappa shape index (κ2) is 8.51. The largest absolute Gasteiger partial charge is 0.489 e. The van der Waals surface area contributed by atoms with Crippen LogP contribution in [0.5, 0.6) is 5.75 Å². The van der Waals surface area contributed by atoms with E-state index in [0.29, 0.717) is 25.3 Å². The van der Waals surface area contributed by atoms with E-state index in [2.05, 4.69) is 11.9 Å². The van der Waals surface area contributed by atoms with E-state index < -0.39 is 0 Å². The zero-order chi connectivity index (χ0) is 15.0. The van der Waals surface area contributed by atoms with Crippen molar-refractivity contribution in [1.82, 2.24) is 5.32 Å². The van der Waals surface area contributed by atoms with Gasteiger partial charge >= 0.3 is 0 Å². The van der Waals surface area contributed by atoms with Crippen LogP contribution in [0.4, 0.5) is 0 Å². The fourth-order valence-corrected chi connectivity index (χ4v) is 1.64. The summed E-state index contributed by atoms with van der Waals surface area (Å²) in [5.41, 5.74) is 1.63. The first-order valence-electron chi connectivity index (χ1n) is 6.68. The Balaban J connectivity index is 2.54. The van der Waals surface area contributed by atoms with E-state index in [1.54, 1.807) is 31.4 Å². The summed E-state index contributed by atoms with van der Waals surface area (Å²) in [6.45, 7) is 9.27. The van der Waals surface area contributed by atoms with Gasteiger partial charge in [-0.3, -0.25) is 4.79 Å². The van der Waals surface area contributed by atoms with Crippen LogP contribution in [0.1, 0.15) is 24.2 Å². The molecule has 0 saturated carbocycles. The van der Waals surface area contributed by atoms with Crippen molar-refractivity contribution < 1.29 is 14.3 Å². The van der Waals surface area contributed by atoms with Crippen molar-refractivity contribution in [1.29, 1.82) is 0 Å². The number of hydrogen-bond acceptors (Lipinski definition) is 4. The van der Waals surface area contributed by atoms with E-state index in [1.807, 2.05) is 13.8 Å². The van der Waals surface area contributed by atoms with Gasteiger partial charge in [-0.2, -0.15) is 0 Å². The molecule has 0 amide bonds. The number of ketones is 1. The summed E-state index contributed by atoms with van der Waals surface area (Å²) in [4.78, 5) is 12.2. The average Bonchev–Trinajstić information content (AvgIpc) is 2.45. The molecule has 0 radical (unpaired) electrons. The molecule has 0 saturated heterocycles. The minimum Gasteiger partial charge on any atom is -0.489 e.